The van der Waals surface area contributed by atoms with Crippen molar-refractivity contribution in [2.24, 2.45) is 28.9 Å². The summed E-state index contributed by atoms with van der Waals surface area (Å²) in [5, 5.41) is 2.84. The van der Waals surface area contributed by atoms with Crippen molar-refractivity contribution in [3.05, 3.63) is 0 Å². The lowest BCUT2D eigenvalue weighted by molar-refractivity contribution is -0.0603. The van der Waals surface area contributed by atoms with Crippen LogP contribution in [0.2, 0.25) is 0 Å². The van der Waals surface area contributed by atoms with Gasteiger partial charge in [-0.15, -0.1) is 0 Å². The minimum absolute atomic E-state index is 0.0452. The molecule has 0 aromatic carbocycles. The molecule has 4 rings (SSSR count). The molecule has 4 aliphatic carbocycles. The third-order valence-corrected chi connectivity index (χ3v) is 5.77. The molecule has 22 heavy (non-hydrogen) atoms. The summed E-state index contributed by atoms with van der Waals surface area (Å²) in [4.78, 5) is 11.7. The summed E-state index contributed by atoms with van der Waals surface area (Å²) in [6.45, 7) is 6.16. The summed E-state index contributed by atoms with van der Waals surface area (Å²) < 4.78 is 5.28. The number of alkyl carbamates (subject to hydrolysis) is 1. The van der Waals surface area contributed by atoms with Crippen molar-refractivity contribution in [1.29, 1.82) is 0 Å². The van der Waals surface area contributed by atoms with Crippen molar-refractivity contribution in [3.8, 4) is 0 Å². The van der Waals surface area contributed by atoms with Gasteiger partial charge in [0.1, 0.15) is 5.60 Å². The van der Waals surface area contributed by atoms with Crippen LogP contribution in [-0.2, 0) is 4.74 Å². The summed E-state index contributed by atoms with van der Waals surface area (Å²) in [5.74, 6) is 2.87. The van der Waals surface area contributed by atoms with Crippen LogP contribution in [0.5, 0.6) is 0 Å². The number of hydrogen-bond acceptors (Lipinski definition) is 3. The van der Waals surface area contributed by atoms with Crippen LogP contribution in [0.15, 0.2) is 0 Å². The summed E-state index contributed by atoms with van der Waals surface area (Å²) in [6, 6.07) is 0.0452. The number of hydrogen-bond donors (Lipinski definition) is 2. The van der Waals surface area contributed by atoms with E-state index in [4.69, 9.17) is 10.5 Å². The molecule has 0 spiro atoms. The highest BCUT2D eigenvalue weighted by atomic mass is 16.6. The highest BCUT2D eigenvalue weighted by molar-refractivity contribution is 5.67. The second-order valence-electron chi connectivity index (χ2n) is 9.26. The first-order chi connectivity index (χ1) is 10.2. The van der Waals surface area contributed by atoms with Crippen LogP contribution < -0.4 is 11.1 Å². The number of nitrogens with two attached hydrogens (primary N) is 1. The van der Waals surface area contributed by atoms with E-state index in [-0.39, 0.29) is 12.1 Å². The van der Waals surface area contributed by atoms with E-state index in [9.17, 15) is 4.79 Å². The topological polar surface area (TPSA) is 64.3 Å². The lowest BCUT2D eigenvalue weighted by Crippen LogP contribution is -2.50. The van der Waals surface area contributed by atoms with Crippen LogP contribution >= 0.6 is 0 Å². The van der Waals surface area contributed by atoms with Crippen LogP contribution in [0.4, 0.5) is 4.79 Å². The average molecular weight is 308 g/mol. The quantitative estimate of drug-likeness (QED) is 0.836. The third-order valence-electron chi connectivity index (χ3n) is 5.77. The Kier molecular flexibility index (Phi) is 4.17. The number of rotatable bonds is 4. The third kappa shape index (κ3) is 3.76. The van der Waals surface area contributed by atoms with Crippen molar-refractivity contribution < 1.29 is 9.53 Å². The smallest absolute Gasteiger partial charge is 0.407 e. The van der Waals surface area contributed by atoms with Gasteiger partial charge in [0.15, 0.2) is 0 Å². The number of nitrogens with one attached hydrogen (secondary N) is 1. The maximum atomic E-state index is 11.7. The molecule has 4 nitrogen and oxygen atoms in total. The van der Waals surface area contributed by atoms with E-state index < -0.39 is 5.60 Å². The van der Waals surface area contributed by atoms with Gasteiger partial charge in [-0.1, -0.05) is 0 Å². The molecule has 1 atom stereocenters. The Bertz CT molecular complexity index is 392. The van der Waals surface area contributed by atoms with E-state index in [0.717, 1.165) is 24.2 Å². The molecule has 0 aliphatic heterocycles. The zero-order valence-electron chi connectivity index (χ0n) is 14.4. The monoisotopic (exact) mass is 308 g/mol. The van der Waals surface area contributed by atoms with Gasteiger partial charge in [-0.25, -0.2) is 4.79 Å². The first-order valence-corrected chi connectivity index (χ1v) is 8.95. The lowest BCUT2D eigenvalue weighted by atomic mass is 9.48. The van der Waals surface area contributed by atoms with E-state index >= 15 is 0 Å². The van der Waals surface area contributed by atoms with Crippen molar-refractivity contribution in [2.75, 3.05) is 6.54 Å². The molecule has 4 saturated carbocycles. The largest absolute Gasteiger partial charge is 0.444 e. The second kappa shape index (κ2) is 5.70. The van der Waals surface area contributed by atoms with E-state index in [1.54, 1.807) is 0 Å². The van der Waals surface area contributed by atoms with Gasteiger partial charge in [0.2, 0.25) is 0 Å². The fourth-order valence-corrected chi connectivity index (χ4v) is 5.70. The fourth-order valence-electron chi connectivity index (χ4n) is 5.70. The molecule has 0 radical (unpaired) electrons. The minimum atomic E-state index is -0.450. The van der Waals surface area contributed by atoms with E-state index in [0.29, 0.717) is 12.0 Å². The van der Waals surface area contributed by atoms with Gasteiger partial charge >= 0.3 is 6.09 Å². The Hall–Kier alpha value is -0.770. The molecule has 0 aromatic rings. The molecule has 126 valence electrons. The van der Waals surface area contributed by atoms with Gasteiger partial charge < -0.3 is 15.8 Å². The molecule has 0 aromatic heterocycles. The molecule has 4 heteroatoms. The highest BCUT2D eigenvalue weighted by Gasteiger charge is 2.50. The van der Waals surface area contributed by atoms with Crippen molar-refractivity contribution in [2.45, 2.75) is 77.4 Å². The SMILES string of the molecule is CC(C)(C)OC(=O)NCC(N)CC12CC3CC(CC(C3)C1)C2. The standard InChI is InChI=1S/C18H32N2O2/c1-17(2,3)22-16(21)20-11-15(19)10-18-7-12-4-13(8-18)6-14(5-12)9-18/h12-15H,4-11,19H2,1-3H3,(H,20,21). The van der Waals surface area contributed by atoms with Crippen molar-refractivity contribution >= 4 is 6.09 Å². The van der Waals surface area contributed by atoms with Crippen LogP contribution in [-0.4, -0.2) is 24.3 Å². The predicted octanol–water partition coefficient (Wildman–Crippen LogP) is 3.44. The van der Waals surface area contributed by atoms with Gasteiger partial charge in [0, 0.05) is 12.6 Å². The Morgan fingerprint density at radius 2 is 1.68 bits per heavy atom. The molecular formula is C18H32N2O2. The molecule has 3 N–H and O–H groups in total. The van der Waals surface area contributed by atoms with E-state index in [2.05, 4.69) is 5.32 Å². The molecule has 4 bridgehead atoms. The highest BCUT2D eigenvalue weighted by Crippen LogP contribution is 2.61. The van der Waals surface area contributed by atoms with Crippen LogP contribution in [0, 0.1) is 23.2 Å². The first kappa shape index (κ1) is 16.1. The summed E-state index contributed by atoms with van der Waals surface area (Å²) in [5.41, 5.74) is 6.36. The molecule has 1 unspecified atom stereocenters. The second-order valence-corrected chi connectivity index (χ2v) is 9.26. The number of carbonyl (C=O) groups is 1. The zero-order valence-corrected chi connectivity index (χ0v) is 14.4. The van der Waals surface area contributed by atoms with Gasteiger partial charge in [-0.2, -0.15) is 0 Å². The Labute approximate surface area is 134 Å². The average Bonchev–Trinajstić information content (AvgIpc) is 2.32. The van der Waals surface area contributed by atoms with Crippen LogP contribution in [0.3, 0.4) is 0 Å². The Balaban J connectivity index is 1.48. The summed E-state index contributed by atoms with van der Waals surface area (Å²) >= 11 is 0. The molecule has 1 amide bonds. The normalized spacial score (nSPS) is 37.9. The first-order valence-electron chi connectivity index (χ1n) is 8.95. The van der Waals surface area contributed by atoms with Crippen LogP contribution in [0.1, 0.15) is 65.7 Å². The predicted molar refractivity (Wildman–Crippen MR) is 87.4 cm³/mol. The number of amides is 1. The summed E-state index contributed by atoms with van der Waals surface area (Å²) in [7, 11) is 0. The minimum Gasteiger partial charge on any atom is -0.444 e. The fraction of sp³-hybridized carbons (Fsp3) is 0.944. The van der Waals surface area contributed by atoms with Gasteiger partial charge in [0.25, 0.3) is 0 Å². The molecular weight excluding hydrogens is 276 g/mol. The molecule has 0 heterocycles. The van der Waals surface area contributed by atoms with E-state index in [1.165, 1.54) is 38.5 Å². The van der Waals surface area contributed by atoms with Gasteiger partial charge in [-0.3, -0.25) is 0 Å². The zero-order chi connectivity index (χ0) is 16.0. The van der Waals surface area contributed by atoms with Gasteiger partial charge in [0.05, 0.1) is 0 Å². The van der Waals surface area contributed by atoms with Gasteiger partial charge in [-0.05, 0) is 88.9 Å². The summed E-state index contributed by atoms with van der Waals surface area (Å²) in [6.07, 6.45) is 9.22. The molecule has 4 fully saturated rings. The number of ether oxygens (including phenoxy) is 1. The maximum Gasteiger partial charge on any atom is 0.407 e. The number of carbonyl (C=O) groups excluding carboxylic acids is 1. The Morgan fingerprint density at radius 3 is 2.14 bits per heavy atom. The Morgan fingerprint density at radius 1 is 1.18 bits per heavy atom. The molecule has 4 aliphatic rings. The molecule has 0 saturated heterocycles. The maximum absolute atomic E-state index is 11.7. The van der Waals surface area contributed by atoms with Crippen molar-refractivity contribution in [1.82, 2.24) is 5.32 Å². The van der Waals surface area contributed by atoms with E-state index in [1.807, 2.05) is 20.8 Å². The van der Waals surface area contributed by atoms with Crippen molar-refractivity contribution in [3.63, 3.8) is 0 Å². The lowest BCUT2D eigenvalue weighted by Gasteiger charge is -2.57. The van der Waals surface area contributed by atoms with Crippen LogP contribution in [0.25, 0.3) is 0 Å².